The second-order valence-electron chi connectivity index (χ2n) is 11.3. The molecule has 47 heavy (non-hydrogen) atoms. The summed E-state index contributed by atoms with van der Waals surface area (Å²) in [6.07, 6.45) is 0.564. The number of amides is 1. The van der Waals surface area contributed by atoms with Crippen molar-refractivity contribution in [2.24, 2.45) is 0 Å². The molecule has 1 aliphatic heterocycles. The Labute approximate surface area is 280 Å². The highest BCUT2D eigenvalue weighted by atomic mass is 35.5. The molecule has 0 spiro atoms. The van der Waals surface area contributed by atoms with Crippen molar-refractivity contribution in [1.29, 1.82) is 0 Å². The Morgan fingerprint density at radius 2 is 1.36 bits per heavy atom. The van der Waals surface area contributed by atoms with Gasteiger partial charge in [-0.1, -0.05) is 115 Å². The Kier molecular flexibility index (Phi) is 11.3. The fourth-order valence-corrected chi connectivity index (χ4v) is 6.06. The average Bonchev–Trinajstić information content (AvgIpc) is 3.09. The summed E-state index contributed by atoms with van der Waals surface area (Å²) in [4.78, 5) is 40.1. The minimum Gasteiger partial charge on any atom is -0.462 e. The normalized spacial score (nSPS) is 14.4. The molecule has 1 unspecified atom stereocenters. The molecule has 4 aromatic rings. The summed E-state index contributed by atoms with van der Waals surface area (Å²) < 4.78 is 11.3. The molecule has 0 saturated heterocycles. The van der Waals surface area contributed by atoms with Crippen LogP contribution in [-0.4, -0.2) is 31.0 Å². The van der Waals surface area contributed by atoms with Crippen molar-refractivity contribution in [2.45, 2.75) is 38.7 Å². The third kappa shape index (κ3) is 8.57. The molecule has 1 atom stereocenters. The summed E-state index contributed by atoms with van der Waals surface area (Å²) in [5.74, 6) is -2.40. The summed E-state index contributed by atoms with van der Waals surface area (Å²) in [5, 5.41) is 6.33. The molecule has 1 amide bonds. The van der Waals surface area contributed by atoms with Gasteiger partial charge in [0.15, 0.2) is 0 Å². The van der Waals surface area contributed by atoms with E-state index >= 15 is 0 Å². The quantitative estimate of drug-likeness (QED) is 0.158. The molecule has 1 aliphatic rings. The number of rotatable bonds is 12. The number of benzene rings is 4. The van der Waals surface area contributed by atoms with Gasteiger partial charge in [0.1, 0.15) is 13.2 Å². The van der Waals surface area contributed by atoms with E-state index in [1.807, 2.05) is 72.8 Å². The predicted molar refractivity (Wildman–Crippen MR) is 182 cm³/mol. The van der Waals surface area contributed by atoms with Gasteiger partial charge >= 0.3 is 11.9 Å². The first kappa shape index (κ1) is 33.2. The molecule has 0 saturated carbocycles. The molecule has 240 valence electrons. The summed E-state index contributed by atoms with van der Waals surface area (Å²) in [6, 6.07) is 36.6. The number of carbonyl (C=O) groups is 3. The van der Waals surface area contributed by atoms with Gasteiger partial charge in [-0.3, -0.25) is 9.59 Å². The monoisotopic (exact) mass is 648 g/mol. The number of nitrogens with one attached hydrogen (secondary N) is 2. The minimum absolute atomic E-state index is 0.0265. The zero-order chi connectivity index (χ0) is 33.2. The van der Waals surface area contributed by atoms with E-state index in [1.54, 1.807) is 32.0 Å². The molecule has 8 heteroatoms. The molecule has 5 rings (SSSR count). The van der Waals surface area contributed by atoms with Gasteiger partial charge in [0.25, 0.3) is 0 Å². The molecular formula is C39H37ClN2O5. The number of allylic oxidation sites excluding steroid dienone is 2. The van der Waals surface area contributed by atoms with Crippen LogP contribution in [0, 0.1) is 0 Å². The maximum atomic E-state index is 13.9. The lowest BCUT2D eigenvalue weighted by molar-refractivity contribution is -0.145. The number of halogens is 1. The summed E-state index contributed by atoms with van der Waals surface area (Å²) >= 11 is 6.39. The van der Waals surface area contributed by atoms with Gasteiger partial charge < -0.3 is 20.1 Å². The zero-order valence-corrected chi connectivity index (χ0v) is 27.1. The van der Waals surface area contributed by atoms with Crippen molar-refractivity contribution in [1.82, 2.24) is 10.6 Å². The summed E-state index contributed by atoms with van der Waals surface area (Å²) in [7, 11) is 0. The van der Waals surface area contributed by atoms with Crippen LogP contribution < -0.4 is 10.6 Å². The molecule has 0 radical (unpaired) electrons. The van der Waals surface area contributed by atoms with Gasteiger partial charge in [0.2, 0.25) is 5.91 Å². The minimum atomic E-state index is -0.790. The second kappa shape index (κ2) is 15.9. The van der Waals surface area contributed by atoms with Crippen LogP contribution in [0.1, 0.15) is 54.4 Å². The molecule has 0 bridgehead atoms. The third-order valence-corrected chi connectivity index (χ3v) is 8.32. The van der Waals surface area contributed by atoms with E-state index in [2.05, 4.69) is 34.9 Å². The Bertz CT molecular complexity index is 1730. The van der Waals surface area contributed by atoms with Crippen LogP contribution in [-0.2, 0) is 30.5 Å². The molecule has 4 aromatic carbocycles. The highest BCUT2D eigenvalue weighted by Gasteiger charge is 2.37. The lowest BCUT2D eigenvalue weighted by atomic mass is 9.80. The lowest BCUT2D eigenvalue weighted by Gasteiger charge is -2.31. The lowest BCUT2D eigenvalue weighted by Crippen LogP contribution is -2.38. The summed E-state index contributed by atoms with van der Waals surface area (Å²) in [5.41, 5.74) is 5.44. The van der Waals surface area contributed by atoms with Crippen LogP contribution in [0.25, 0.3) is 0 Å². The smallest absolute Gasteiger partial charge is 0.336 e. The molecule has 0 fully saturated rings. The van der Waals surface area contributed by atoms with E-state index in [0.29, 0.717) is 34.0 Å². The molecule has 7 nitrogen and oxygen atoms in total. The van der Waals surface area contributed by atoms with Crippen molar-refractivity contribution in [3.8, 4) is 0 Å². The van der Waals surface area contributed by atoms with Gasteiger partial charge in [-0.15, -0.1) is 0 Å². The Morgan fingerprint density at radius 3 is 1.98 bits per heavy atom. The maximum Gasteiger partial charge on any atom is 0.336 e. The Balaban J connectivity index is 1.33. The molecule has 2 N–H and O–H groups in total. The fourth-order valence-electron chi connectivity index (χ4n) is 5.87. The van der Waals surface area contributed by atoms with Crippen LogP contribution >= 0.6 is 11.6 Å². The first-order chi connectivity index (χ1) is 22.8. The molecular weight excluding hydrogens is 612 g/mol. The van der Waals surface area contributed by atoms with Crippen molar-refractivity contribution in [3.63, 3.8) is 0 Å². The van der Waals surface area contributed by atoms with Crippen LogP contribution in [0.3, 0.4) is 0 Å². The number of esters is 2. The third-order valence-electron chi connectivity index (χ3n) is 8.09. The molecule has 0 aliphatic carbocycles. The zero-order valence-electron chi connectivity index (χ0n) is 26.4. The SMILES string of the molecule is CC1=C(C(=O)NCC(=O)OCc2ccccc2)C(c2cccc(Cl)c2)C(C(=O)OCCC(c2ccccc2)c2ccccc2)=C(C)N1. The number of carbonyl (C=O) groups excluding carboxylic acids is 3. The van der Waals surface area contributed by atoms with E-state index in [9.17, 15) is 14.4 Å². The summed E-state index contributed by atoms with van der Waals surface area (Å²) in [6.45, 7) is 3.45. The first-order valence-electron chi connectivity index (χ1n) is 15.5. The Hall–Kier alpha value is -5.14. The van der Waals surface area contributed by atoms with Crippen molar-refractivity contribution in [2.75, 3.05) is 13.2 Å². The van der Waals surface area contributed by atoms with Gasteiger partial charge in [0.05, 0.1) is 18.1 Å². The number of dihydropyridines is 1. The largest absolute Gasteiger partial charge is 0.462 e. The number of hydrogen-bond donors (Lipinski definition) is 2. The fraction of sp³-hybridized carbons (Fsp3) is 0.205. The van der Waals surface area contributed by atoms with E-state index in [1.165, 1.54) is 0 Å². The van der Waals surface area contributed by atoms with Gasteiger partial charge in [-0.25, -0.2) is 4.79 Å². The van der Waals surface area contributed by atoms with Crippen LogP contribution in [0.15, 0.2) is 138 Å². The van der Waals surface area contributed by atoms with Crippen molar-refractivity contribution in [3.05, 3.63) is 165 Å². The van der Waals surface area contributed by atoms with E-state index in [4.69, 9.17) is 21.1 Å². The average molecular weight is 649 g/mol. The molecule has 0 aromatic heterocycles. The molecule has 1 heterocycles. The number of hydrogen-bond acceptors (Lipinski definition) is 6. The van der Waals surface area contributed by atoms with E-state index < -0.39 is 23.8 Å². The van der Waals surface area contributed by atoms with Crippen LogP contribution in [0.4, 0.5) is 0 Å². The topological polar surface area (TPSA) is 93.7 Å². The first-order valence-corrected chi connectivity index (χ1v) is 15.9. The van der Waals surface area contributed by atoms with E-state index in [0.717, 1.165) is 16.7 Å². The van der Waals surface area contributed by atoms with Crippen LogP contribution in [0.5, 0.6) is 0 Å². The van der Waals surface area contributed by atoms with Gasteiger partial charge in [-0.05, 0) is 54.7 Å². The standard InChI is InChI=1S/C39H37ClN2O5/c1-26-35(38(44)41-24-34(43)47-25-28-13-6-3-7-14-28)37(31-19-12-20-32(40)23-31)36(27(2)42-26)39(45)46-22-21-33(29-15-8-4-9-16-29)30-17-10-5-11-18-30/h3-20,23,33,37,42H,21-22,24-25H2,1-2H3,(H,41,44). The van der Waals surface area contributed by atoms with Crippen LogP contribution in [0.2, 0.25) is 5.02 Å². The van der Waals surface area contributed by atoms with Crippen molar-refractivity contribution < 1.29 is 23.9 Å². The van der Waals surface area contributed by atoms with Gasteiger partial charge in [-0.2, -0.15) is 0 Å². The number of ether oxygens (including phenoxy) is 2. The van der Waals surface area contributed by atoms with Gasteiger partial charge in [0, 0.05) is 27.9 Å². The highest BCUT2D eigenvalue weighted by molar-refractivity contribution is 6.30. The second-order valence-corrected chi connectivity index (χ2v) is 11.8. The van der Waals surface area contributed by atoms with E-state index in [-0.39, 0.29) is 31.2 Å². The highest BCUT2D eigenvalue weighted by Crippen LogP contribution is 2.39. The Morgan fingerprint density at radius 1 is 0.766 bits per heavy atom. The predicted octanol–water partition coefficient (Wildman–Crippen LogP) is 7.20. The maximum absolute atomic E-state index is 13.9. The van der Waals surface area contributed by atoms with Crippen molar-refractivity contribution >= 4 is 29.4 Å².